The van der Waals surface area contributed by atoms with Crippen LogP contribution in [-0.4, -0.2) is 16.5 Å². The Morgan fingerprint density at radius 3 is 2.35 bits per heavy atom. The third kappa shape index (κ3) is 2.94. The monoisotopic (exact) mass is 267 g/mol. The van der Waals surface area contributed by atoms with E-state index in [9.17, 15) is 0 Å². The van der Waals surface area contributed by atoms with Gasteiger partial charge in [0.2, 0.25) is 0 Å². The second kappa shape index (κ2) is 5.45. The van der Waals surface area contributed by atoms with Crippen molar-refractivity contribution < 1.29 is 0 Å². The Morgan fingerprint density at radius 1 is 1.06 bits per heavy atom. The molecule has 0 fully saturated rings. The summed E-state index contributed by atoms with van der Waals surface area (Å²) in [5.74, 6) is 0.629. The van der Waals surface area contributed by atoms with Crippen LogP contribution in [0.4, 0.5) is 0 Å². The van der Waals surface area contributed by atoms with Crippen LogP contribution in [0.25, 0.3) is 11.4 Å². The van der Waals surface area contributed by atoms with E-state index in [1.807, 2.05) is 6.07 Å². The highest BCUT2D eigenvalue weighted by molar-refractivity contribution is 6.42. The highest BCUT2D eigenvalue weighted by atomic mass is 35.5. The minimum absolute atomic E-state index is 0.499. The minimum atomic E-state index is 0.499. The Hall–Kier alpha value is -1.16. The second-order valence-electron chi connectivity index (χ2n) is 3.58. The summed E-state index contributed by atoms with van der Waals surface area (Å²) < 4.78 is 0. The van der Waals surface area contributed by atoms with Crippen molar-refractivity contribution in [2.75, 3.05) is 6.54 Å². The third-order valence-electron chi connectivity index (χ3n) is 2.32. The molecule has 2 rings (SSSR count). The molecule has 5 heteroatoms. The number of halogens is 2. The lowest BCUT2D eigenvalue weighted by Crippen LogP contribution is -2.03. The van der Waals surface area contributed by atoms with E-state index >= 15 is 0 Å². The maximum atomic E-state index is 5.94. The quantitative estimate of drug-likeness (QED) is 0.931. The molecule has 0 spiro atoms. The molecule has 0 saturated heterocycles. The van der Waals surface area contributed by atoms with Crippen LogP contribution in [0, 0.1) is 0 Å². The van der Waals surface area contributed by atoms with Crippen molar-refractivity contribution in [3.63, 3.8) is 0 Å². The van der Waals surface area contributed by atoms with Gasteiger partial charge in [0.15, 0.2) is 5.82 Å². The van der Waals surface area contributed by atoms with E-state index in [-0.39, 0.29) is 0 Å². The highest BCUT2D eigenvalue weighted by Gasteiger charge is 2.04. The number of benzene rings is 1. The first-order valence-electron chi connectivity index (χ1n) is 5.17. The summed E-state index contributed by atoms with van der Waals surface area (Å²) in [6.07, 6.45) is 4.33. The standard InChI is InChI=1S/C12H11Cl2N3/c13-10-2-1-9(5-11(10)14)12-16-6-8(3-4-15)7-17-12/h1-2,5-7H,3-4,15H2. The molecule has 0 amide bonds. The van der Waals surface area contributed by atoms with Gasteiger partial charge in [-0.2, -0.15) is 0 Å². The van der Waals surface area contributed by atoms with Crippen LogP contribution in [0.5, 0.6) is 0 Å². The number of hydrogen-bond acceptors (Lipinski definition) is 3. The van der Waals surface area contributed by atoms with Gasteiger partial charge in [-0.3, -0.25) is 0 Å². The first-order valence-corrected chi connectivity index (χ1v) is 5.92. The first-order chi connectivity index (χ1) is 8.20. The van der Waals surface area contributed by atoms with Crippen LogP contribution in [-0.2, 0) is 6.42 Å². The maximum Gasteiger partial charge on any atom is 0.159 e. The summed E-state index contributed by atoms with van der Waals surface area (Å²) in [6.45, 7) is 0.593. The Bertz CT molecular complexity index is 512. The molecule has 0 aliphatic carbocycles. The van der Waals surface area contributed by atoms with Gasteiger partial charge in [-0.1, -0.05) is 23.2 Å². The van der Waals surface area contributed by atoms with E-state index in [4.69, 9.17) is 28.9 Å². The lowest BCUT2D eigenvalue weighted by molar-refractivity contribution is 0.943. The van der Waals surface area contributed by atoms with E-state index in [0.717, 1.165) is 17.5 Å². The summed E-state index contributed by atoms with van der Waals surface area (Å²) in [6, 6.07) is 5.32. The largest absolute Gasteiger partial charge is 0.330 e. The van der Waals surface area contributed by atoms with E-state index in [1.54, 1.807) is 24.5 Å². The molecular formula is C12H11Cl2N3. The van der Waals surface area contributed by atoms with Crippen molar-refractivity contribution >= 4 is 23.2 Å². The molecule has 0 unspecified atom stereocenters. The van der Waals surface area contributed by atoms with E-state index in [2.05, 4.69) is 9.97 Å². The molecule has 17 heavy (non-hydrogen) atoms. The number of nitrogens with zero attached hydrogens (tertiary/aromatic N) is 2. The zero-order valence-electron chi connectivity index (χ0n) is 9.03. The lowest BCUT2D eigenvalue weighted by atomic mass is 10.2. The molecule has 1 aromatic carbocycles. The molecule has 0 aliphatic heterocycles. The van der Waals surface area contributed by atoms with Gasteiger partial charge in [0.05, 0.1) is 10.0 Å². The van der Waals surface area contributed by atoms with Crippen LogP contribution >= 0.6 is 23.2 Å². The predicted molar refractivity (Wildman–Crippen MR) is 70.2 cm³/mol. The topological polar surface area (TPSA) is 51.8 Å². The van der Waals surface area contributed by atoms with Crippen LogP contribution in [0.2, 0.25) is 10.0 Å². The molecule has 88 valence electrons. The zero-order valence-corrected chi connectivity index (χ0v) is 10.5. The van der Waals surface area contributed by atoms with Gasteiger partial charge in [0, 0.05) is 18.0 Å². The van der Waals surface area contributed by atoms with Gasteiger partial charge in [-0.05, 0) is 36.7 Å². The SMILES string of the molecule is NCCc1cnc(-c2ccc(Cl)c(Cl)c2)nc1. The molecule has 1 heterocycles. The molecule has 1 aromatic heterocycles. The summed E-state index contributed by atoms with van der Waals surface area (Å²) in [7, 11) is 0. The molecule has 2 N–H and O–H groups in total. The van der Waals surface area contributed by atoms with Crippen molar-refractivity contribution in [2.45, 2.75) is 6.42 Å². The van der Waals surface area contributed by atoms with Gasteiger partial charge in [-0.25, -0.2) is 9.97 Å². The molecule has 0 bridgehead atoms. The summed E-state index contributed by atoms with van der Waals surface area (Å²) >= 11 is 11.8. The maximum absolute atomic E-state index is 5.94. The predicted octanol–water partition coefficient (Wildman–Crippen LogP) is 2.95. The van der Waals surface area contributed by atoms with Crippen molar-refractivity contribution in [1.82, 2.24) is 9.97 Å². The van der Waals surface area contributed by atoms with Gasteiger partial charge < -0.3 is 5.73 Å². The average Bonchev–Trinajstić information content (AvgIpc) is 2.34. The summed E-state index contributed by atoms with van der Waals surface area (Å²) in [5, 5.41) is 1.02. The highest BCUT2D eigenvalue weighted by Crippen LogP contribution is 2.26. The van der Waals surface area contributed by atoms with Gasteiger partial charge in [-0.15, -0.1) is 0 Å². The Morgan fingerprint density at radius 2 is 1.76 bits per heavy atom. The van der Waals surface area contributed by atoms with E-state index in [0.29, 0.717) is 22.4 Å². The average molecular weight is 268 g/mol. The normalized spacial score (nSPS) is 10.5. The molecule has 3 nitrogen and oxygen atoms in total. The molecule has 2 aromatic rings. The lowest BCUT2D eigenvalue weighted by Gasteiger charge is -2.03. The Kier molecular flexibility index (Phi) is 3.94. The number of hydrogen-bond donors (Lipinski definition) is 1. The van der Waals surface area contributed by atoms with Crippen LogP contribution < -0.4 is 5.73 Å². The van der Waals surface area contributed by atoms with Crippen LogP contribution in [0.1, 0.15) is 5.56 Å². The fourth-order valence-corrected chi connectivity index (χ4v) is 1.73. The summed E-state index contributed by atoms with van der Waals surface area (Å²) in [4.78, 5) is 8.54. The zero-order chi connectivity index (χ0) is 12.3. The first kappa shape index (κ1) is 12.3. The van der Waals surface area contributed by atoms with Crippen molar-refractivity contribution in [3.05, 3.63) is 46.2 Å². The minimum Gasteiger partial charge on any atom is -0.330 e. The molecule has 0 atom stereocenters. The Labute approximate surface area is 110 Å². The van der Waals surface area contributed by atoms with Crippen molar-refractivity contribution in [3.8, 4) is 11.4 Å². The second-order valence-corrected chi connectivity index (χ2v) is 4.40. The van der Waals surface area contributed by atoms with Crippen molar-refractivity contribution in [2.24, 2.45) is 5.73 Å². The fraction of sp³-hybridized carbons (Fsp3) is 0.167. The Balaban J connectivity index is 2.30. The van der Waals surface area contributed by atoms with Gasteiger partial charge in [0.1, 0.15) is 0 Å². The molecule has 0 saturated carbocycles. The van der Waals surface area contributed by atoms with Crippen LogP contribution in [0.15, 0.2) is 30.6 Å². The van der Waals surface area contributed by atoms with Gasteiger partial charge >= 0.3 is 0 Å². The number of nitrogens with two attached hydrogens (primary N) is 1. The number of rotatable bonds is 3. The van der Waals surface area contributed by atoms with E-state index in [1.165, 1.54) is 0 Å². The summed E-state index contributed by atoms with van der Waals surface area (Å²) in [5.41, 5.74) is 7.33. The van der Waals surface area contributed by atoms with E-state index < -0.39 is 0 Å². The molecular weight excluding hydrogens is 257 g/mol. The molecule has 0 radical (unpaired) electrons. The third-order valence-corrected chi connectivity index (χ3v) is 3.06. The number of aromatic nitrogens is 2. The smallest absolute Gasteiger partial charge is 0.159 e. The molecule has 0 aliphatic rings. The van der Waals surface area contributed by atoms with Gasteiger partial charge in [0.25, 0.3) is 0 Å². The van der Waals surface area contributed by atoms with Crippen LogP contribution in [0.3, 0.4) is 0 Å². The fourth-order valence-electron chi connectivity index (χ4n) is 1.43. The van der Waals surface area contributed by atoms with Crippen molar-refractivity contribution in [1.29, 1.82) is 0 Å².